The van der Waals surface area contributed by atoms with Gasteiger partial charge in [0.2, 0.25) is 0 Å². The van der Waals surface area contributed by atoms with Crippen LogP contribution in [0.4, 0.5) is 0 Å². The first kappa shape index (κ1) is 14.6. The number of hydrogen-bond donors (Lipinski definition) is 1. The summed E-state index contributed by atoms with van der Waals surface area (Å²) in [6.45, 7) is 8.05. The van der Waals surface area contributed by atoms with E-state index in [0.29, 0.717) is 6.04 Å². The zero-order chi connectivity index (χ0) is 13.7. The molecule has 106 valence electrons. The van der Waals surface area contributed by atoms with Gasteiger partial charge in [0.05, 0.1) is 0 Å². The Balaban J connectivity index is 1.89. The van der Waals surface area contributed by atoms with Crippen molar-refractivity contribution in [1.82, 2.24) is 5.32 Å². The second-order valence-corrected chi connectivity index (χ2v) is 6.30. The van der Waals surface area contributed by atoms with Crippen molar-refractivity contribution in [2.45, 2.75) is 65.3 Å². The molecule has 1 aliphatic carbocycles. The Labute approximate surface area is 118 Å². The van der Waals surface area contributed by atoms with Crippen LogP contribution in [0.25, 0.3) is 0 Å². The van der Waals surface area contributed by atoms with Crippen LogP contribution in [0.2, 0.25) is 0 Å². The zero-order valence-corrected chi connectivity index (χ0v) is 12.8. The van der Waals surface area contributed by atoms with Crippen LogP contribution in [-0.4, -0.2) is 12.6 Å². The first-order chi connectivity index (χ1) is 9.20. The summed E-state index contributed by atoms with van der Waals surface area (Å²) in [5.74, 6) is 0.723. The molecular formula is C18H29N. The molecule has 0 fully saturated rings. The Bertz CT molecular complexity index is 395. The van der Waals surface area contributed by atoms with Crippen molar-refractivity contribution in [1.29, 1.82) is 0 Å². The van der Waals surface area contributed by atoms with Crippen LogP contribution in [0, 0.1) is 5.92 Å². The predicted octanol–water partition coefficient (Wildman–Crippen LogP) is 4.13. The predicted molar refractivity (Wildman–Crippen MR) is 83.7 cm³/mol. The van der Waals surface area contributed by atoms with Gasteiger partial charge in [0.1, 0.15) is 0 Å². The van der Waals surface area contributed by atoms with Gasteiger partial charge in [-0.3, -0.25) is 0 Å². The third-order valence-corrected chi connectivity index (χ3v) is 4.37. The van der Waals surface area contributed by atoms with Gasteiger partial charge in [-0.15, -0.1) is 0 Å². The van der Waals surface area contributed by atoms with E-state index in [-0.39, 0.29) is 0 Å². The lowest BCUT2D eigenvalue weighted by atomic mass is 9.95. The maximum atomic E-state index is 3.69. The fourth-order valence-electron chi connectivity index (χ4n) is 3.10. The topological polar surface area (TPSA) is 12.0 Å². The van der Waals surface area contributed by atoms with E-state index in [1.807, 2.05) is 0 Å². The van der Waals surface area contributed by atoms with Gasteiger partial charge in [-0.25, -0.2) is 0 Å². The van der Waals surface area contributed by atoms with E-state index >= 15 is 0 Å². The van der Waals surface area contributed by atoms with Gasteiger partial charge in [0, 0.05) is 6.04 Å². The molecule has 0 saturated heterocycles. The highest BCUT2D eigenvalue weighted by Crippen LogP contribution is 2.23. The highest BCUT2D eigenvalue weighted by atomic mass is 14.9. The van der Waals surface area contributed by atoms with E-state index in [1.165, 1.54) is 44.1 Å². The molecule has 1 nitrogen and oxygen atoms in total. The minimum absolute atomic E-state index is 0.660. The molecule has 0 spiro atoms. The molecule has 1 aromatic rings. The van der Waals surface area contributed by atoms with Gasteiger partial charge in [0.25, 0.3) is 0 Å². The Kier molecular flexibility index (Phi) is 5.45. The molecule has 0 saturated carbocycles. The van der Waals surface area contributed by atoms with Crippen LogP contribution in [0.15, 0.2) is 18.2 Å². The van der Waals surface area contributed by atoms with Crippen LogP contribution in [0.1, 0.15) is 56.7 Å². The minimum Gasteiger partial charge on any atom is -0.314 e. The number of rotatable bonds is 7. The SMILES string of the molecule is CCCNC(CCc1ccc2c(c1)CCC2)C(C)C. The first-order valence-electron chi connectivity index (χ1n) is 8.04. The molecule has 1 N–H and O–H groups in total. The summed E-state index contributed by atoms with van der Waals surface area (Å²) < 4.78 is 0. The van der Waals surface area contributed by atoms with Gasteiger partial charge in [-0.1, -0.05) is 39.0 Å². The largest absolute Gasteiger partial charge is 0.314 e. The number of hydrogen-bond acceptors (Lipinski definition) is 1. The molecule has 1 atom stereocenters. The monoisotopic (exact) mass is 259 g/mol. The molecule has 2 rings (SSSR count). The molecule has 1 aliphatic rings. The Morgan fingerprint density at radius 3 is 2.68 bits per heavy atom. The summed E-state index contributed by atoms with van der Waals surface area (Å²) in [5.41, 5.74) is 4.73. The molecule has 1 aromatic carbocycles. The van der Waals surface area contributed by atoms with E-state index < -0.39 is 0 Å². The molecule has 0 radical (unpaired) electrons. The lowest BCUT2D eigenvalue weighted by molar-refractivity contribution is 0.378. The maximum Gasteiger partial charge on any atom is 0.00932 e. The van der Waals surface area contributed by atoms with Crippen molar-refractivity contribution >= 4 is 0 Å². The summed E-state index contributed by atoms with van der Waals surface area (Å²) in [5, 5.41) is 3.69. The molecule has 0 aromatic heterocycles. The number of benzene rings is 1. The van der Waals surface area contributed by atoms with Crippen LogP contribution >= 0.6 is 0 Å². The van der Waals surface area contributed by atoms with Gasteiger partial charge in [-0.2, -0.15) is 0 Å². The van der Waals surface area contributed by atoms with Crippen molar-refractivity contribution < 1.29 is 0 Å². The smallest absolute Gasteiger partial charge is 0.00932 e. The van der Waals surface area contributed by atoms with Crippen LogP contribution in [0.3, 0.4) is 0 Å². The van der Waals surface area contributed by atoms with Crippen molar-refractivity contribution in [3.8, 4) is 0 Å². The number of nitrogens with one attached hydrogen (secondary N) is 1. The molecule has 19 heavy (non-hydrogen) atoms. The summed E-state index contributed by atoms with van der Waals surface area (Å²) in [4.78, 5) is 0. The zero-order valence-electron chi connectivity index (χ0n) is 12.8. The van der Waals surface area contributed by atoms with Crippen molar-refractivity contribution in [2.24, 2.45) is 5.92 Å². The van der Waals surface area contributed by atoms with Crippen LogP contribution < -0.4 is 5.32 Å². The lowest BCUT2D eigenvalue weighted by Crippen LogP contribution is -2.34. The number of fused-ring (bicyclic) bond motifs is 1. The molecular weight excluding hydrogens is 230 g/mol. The van der Waals surface area contributed by atoms with Gasteiger partial charge < -0.3 is 5.32 Å². The van der Waals surface area contributed by atoms with E-state index in [2.05, 4.69) is 44.3 Å². The second-order valence-electron chi connectivity index (χ2n) is 6.30. The molecule has 0 heterocycles. The van der Waals surface area contributed by atoms with Crippen LogP contribution in [-0.2, 0) is 19.3 Å². The van der Waals surface area contributed by atoms with E-state index in [1.54, 1.807) is 11.1 Å². The van der Waals surface area contributed by atoms with Crippen molar-refractivity contribution in [3.05, 3.63) is 34.9 Å². The quantitative estimate of drug-likeness (QED) is 0.776. The van der Waals surface area contributed by atoms with E-state index in [0.717, 1.165) is 12.5 Å². The summed E-state index contributed by atoms with van der Waals surface area (Å²) in [6, 6.07) is 7.83. The first-order valence-corrected chi connectivity index (χ1v) is 8.04. The van der Waals surface area contributed by atoms with Crippen molar-refractivity contribution in [3.63, 3.8) is 0 Å². The summed E-state index contributed by atoms with van der Waals surface area (Å²) in [7, 11) is 0. The Hall–Kier alpha value is -0.820. The fourth-order valence-corrected chi connectivity index (χ4v) is 3.10. The average molecular weight is 259 g/mol. The lowest BCUT2D eigenvalue weighted by Gasteiger charge is -2.22. The van der Waals surface area contributed by atoms with Crippen LogP contribution in [0.5, 0.6) is 0 Å². The standard InChI is InChI=1S/C18H29N/c1-4-12-19-18(14(2)3)11-9-15-8-10-16-6-5-7-17(16)13-15/h8,10,13-14,18-19H,4-7,9,11-12H2,1-3H3. The summed E-state index contributed by atoms with van der Waals surface area (Å²) in [6.07, 6.45) is 7.64. The molecule has 1 unspecified atom stereocenters. The average Bonchev–Trinajstić information content (AvgIpc) is 2.85. The fraction of sp³-hybridized carbons (Fsp3) is 0.667. The molecule has 0 amide bonds. The molecule has 1 heteroatoms. The molecule has 0 aliphatic heterocycles. The third kappa shape index (κ3) is 4.07. The highest BCUT2D eigenvalue weighted by Gasteiger charge is 2.14. The minimum atomic E-state index is 0.660. The third-order valence-electron chi connectivity index (χ3n) is 4.37. The van der Waals surface area contributed by atoms with Gasteiger partial charge in [-0.05, 0) is 67.7 Å². The Morgan fingerprint density at radius 1 is 1.16 bits per heavy atom. The molecule has 0 bridgehead atoms. The van der Waals surface area contributed by atoms with E-state index in [9.17, 15) is 0 Å². The van der Waals surface area contributed by atoms with Crippen molar-refractivity contribution in [2.75, 3.05) is 6.54 Å². The second kappa shape index (κ2) is 7.09. The maximum absolute atomic E-state index is 3.69. The van der Waals surface area contributed by atoms with Gasteiger partial charge >= 0.3 is 0 Å². The Morgan fingerprint density at radius 2 is 1.95 bits per heavy atom. The van der Waals surface area contributed by atoms with Gasteiger partial charge in [0.15, 0.2) is 0 Å². The highest BCUT2D eigenvalue weighted by molar-refractivity contribution is 5.35. The van der Waals surface area contributed by atoms with E-state index in [4.69, 9.17) is 0 Å². The normalized spacial score (nSPS) is 15.8. The number of aryl methyl sites for hydroxylation is 3. The summed E-state index contributed by atoms with van der Waals surface area (Å²) >= 11 is 0.